The predicted octanol–water partition coefficient (Wildman–Crippen LogP) is -0.507. The molecule has 1 aromatic rings. The number of carbonyl (C=O) groups excluding carboxylic acids is 1. The van der Waals surface area contributed by atoms with E-state index in [0.717, 1.165) is 0 Å². The van der Waals surface area contributed by atoms with E-state index < -0.39 is 16.1 Å². The van der Waals surface area contributed by atoms with Crippen LogP contribution in [-0.4, -0.2) is 69.5 Å². The SMILES string of the molecule is COCC(N)C(=O)N1CCN(S(=O)(=O)c2ccccc2)CC1. The van der Waals surface area contributed by atoms with Crippen molar-refractivity contribution in [3.05, 3.63) is 30.3 Å². The maximum atomic E-state index is 12.5. The smallest absolute Gasteiger partial charge is 0.243 e. The van der Waals surface area contributed by atoms with E-state index in [1.54, 1.807) is 35.2 Å². The first-order chi connectivity index (χ1) is 10.5. The average molecular weight is 327 g/mol. The van der Waals surface area contributed by atoms with Crippen molar-refractivity contribution in [3.8, 4) is 0 Å². The minimum absolute atomic E-state index is 0.154. The Morgan fingerprint density at radius 3 is 2.36 bits per heavy atom. The van der Waals surface area contributed by atoms with E-state index in [-0.39, 0.29) is 30.5 Å². The van der Waals surface area contributed by atoms with E-state index in [0.29, 0.717) is 13.1 Å². The Bertz CT molecular complexity index is 598. The highest BCUT2D eigenvalue weighted by atomic mass is 32.2. The van der Waals surface area contributed by atoms with Crippen molar-refractivity contribution in [1.29, 1.82) is 0 Å². The van der Waals surface area contributed by atoms with Gasteiger partial charge in [-0.25, -0.2) is 8.42 Å². The van der Waals surface area contributed by atoms with Gasteiger partial charge >= 0.3 is 0 Å². The predicted molar refractivity (Wildman–Crippen MR) is 81.6 cm³/mol. The molecule has 1 aliphatic rings. The fourth-order valence-corrected chi connectivity index (χ4v) is 3.82. The zero-order valence-electron chi connectivity index (χ0n) is 12.5. The van der Waals surface area contributed by atoms with Gasteiger partial charge in [0.05, 0.1) is 11.5 Å². The fraction of sp³-hybridized carbons (Fsp3) is 0.500. The zero-order chi connectivity index (χ0) is 16.2. The molecule has 2 rings (SSSR count). The van der Waals surface area contributed by atoms with Gasteiger partial charge in [-0.2, -0.15) is 4.31 Å². The Hall–Kier alpha value is -1.48. The maximum absolute atomic E-state index is 12.5. The number of piperazine rings is 1. The molecule has 7 nitrogen and oxygen atoms in total. The summed E-state index contributed by atoms with van der Waals surface area (Å²) in [4.78, 5) is 13.9. The van der Waals surface area contributed by atoms with Gasteiger partial charge in [0.1, 0.15) is 6.04 Å². The van der Waals surface area contributed by atoms with Crippen molar-refractivity contribution in [3.63, 3.8) is 0 Å². The minimum atomic E-state index is -3.50. The number of ether oxygens (including phenoxy) is 1. The molecule has 8 heteroatoms. The number of carbonyl (C=O) groups is 1. The molecule has 1 atom stereocenters. The quantitative estimate of drug-likeness (QED) is 0.786. The van der Waals surface area contributed by atoms with Crippen molar-refractivity contribution < 1.29 is 17.9 Å². The standard InChI is InChI=1S/C14H21N3O4S/c1-21-11-13(15)14(18)16-7-9-17(10-8-16)22(19,20)12-5-3-2-4-6-12/h2-6,13H,7-11,15H2,1H3. The van der Waals surface area contributed by atoms with Crippen molar-refractivity contribution in [1.82, 2.24) is 9.21 Å². The van der Waals surface area contributed by atoms with E-state index in [2.05, 4.69) is 0 Å². The van der Waals surface area contributed by atoms with Crippen molar-refractivity contribution in [2.75, 3.05) is 39.9 Å². The second kappa shape index (κ2) is 7.19. The Morgan fingerprint density at radius 1 is 1.23 bits per heavy atom. The average Bonchev–Trinajstić information content (AvgIpc) is 2.55. The molecule has 1 fully saturated rings. The van der Waals surface area contributed by atoms with Gasteiger partial charge < -0.3 is 15.4 Å². The highest BCUT2D eigenvalue weighted by Gasteiger charge is 2.31. The number of hydrogen-bond acceptors (Lipinski definition) is 5. The van der Waals surface area contributed by atoms with Crippen molar-refractivity contribution in [2.45, 2.75) is 10.9 Å². The third kappa shape index (κ3) is 3.64. The first-order valence-corrected chi connectivity index (χ1v) is 8.49. The van der Waals surface area contributed by atoms with Gasteiger partial charge in [-0.3, -0.25) is 4.79 Å². The van der Waals surface area contributed by atoms with Crippen LogP contribution in [0.1, 0.15) is 0 Å². The lowest BCUT2D eigenvalue weighted by molar-refractivity contribution is -0.134. The van der Waals surface area contributed by atoms with E-state index in [1.165, 1.54) is 11.4 Å². The van der Waals surface area contributed by atoms with Crippen LogP contribution in [0.2, 0.25) is 0 Å². The van der Waals surface area contributed by atoms with Gasteiger partial charge in [0.15, 0.2) is 0 Å². The molecule has 1 aliphatic heterocycles. The molecule has 0 radical (unpaired) electrons. The molecule has 0 aliphatic carbocycles. The third-order valence-electron chi connectivity index (χ3n) is 3.59. The van der Waals surface area contributed by atoms with Crippen LogP contribution < -0.4 is 5.73 Å². The number of rotatable bonds is 5. The van der Waals surface area contributed by atoms with Crippen LogP contribution in [-0.2, 0) is 19.6 Å². The summed E-state index contributed by atoms with van der Waals surface area (Å²) in [5.74, 6) is -0.210. The van der Waals surface area contributed by atoms with Gasteiger partial charge in [0, 0.05) is 33.3 Å². The largest absolute Gasteiger partial charge is 0.383 e. The Labute approximate surface area is 130 Å². The Kier molecular flexibility index (Phi) is 5.52. The van der Waals surface area contributed by atoms with Gasteiger partial charge in [-0.05, 0) is 12.1 Å². The second-order valence-electron chi connectivity index (χ2n) is 5.10. The number of hydrogen-bond donors (Lipinski definition) is 1. The Balaban J connectivity index is 1.99. The molecule has 2 N–H and O–H groups in total. The summed E-state index contributed by atoms with van der Waals surface area (Å²) in [6, 6.07) is 7.59. The van der Waals surface area contributed by atoms with Gasteiger partial charge in [0.25, 0.3) is 0 Å². The summed E-state index contributed by atoms with van der Waals surface area (Å²) in [7, 11) is -2.02. The number of sulfonamides is 1. The van der Waals surface area contributed by atoms with Gasteiger partial charge in [-0.15, -0.1) is 0 Å². The van der Waals surface area contributed by atoms with E-state index in [1.807, 2.05) is 0 Å². The summed E-state index contributed by atoms with van der Waals surface area (Å²) in [6.45, 7) is 1.36. The normalized spacial score (nSPS) is 18.2. The summed E-state index contributed by atoms with van der Waals surface area (Å²) in [5, 5.41) is 0. The van der Waals surface area contributed by atoms with Gasteiger partial charge in [-0.1, -0.05) is 18.2 Å². The van der Waals surface area contributed by atoms with Crippen LogP contribution in [0.3, 0.4) is 0 Å². The molecule has 122 valence electrons. The second-order valence-corrected chi connectivity index (χ2v) is 7.04. The summed E-state index contributed by atoms with van der Waals surface area (Å²) in [6.07, 6.45) is 0. The molecule has 1 amide bonds. The van der Waals surface area contributed by atoms with E-state index in [9.17, 15) is 13.2 Å². The van der Waals surface area contributed by atoms with E-state index in [4.69, 9.17) is 10.5 Å². The molecular weight excluding hydrogens is 306 g/mol. The molecule has 1 unspecified atom stereocenters. The lowest BCUT2D eigenvalue weighted by Crippen LogP contribution is -2.55. The molecule has 0 bridgehead atoms. The minimum Gasteiger partial charge on any atom is -0.383 e. The van der Waals surface area contributed by atoms with Crippen LogP contribution in [0, 0.1) is 0 Å². The maximum Gasteiger partial charge on any atom is 0.243 e. The van der Waals surface area contributed by atoms with Crippen LogP contribution >= 0.6 is 0 Å². The third-order valence-corrected chi connectivity index (χ3v) is 5.51. The van der Waals surface area contributed by atoms with Crippen LogP contribution in [0.25, 0.3) is 0 Å². The topological polar surface area (TPSA) is 92.9 Å². The molecule has 0 spiro atoms. The van der Waals surface area contributed by atoms with E-state index >= 15 is 0 Å². The molecule has 22 heavy (non-hydrogen) atoms. The van der Waals surface area contributed by atoms with Crippen LogP contribution in [0.4, 0.5) is 0 Å². The summed E-state index contributed by atoms with van der Waals surface area (Å²) in [5.41, 5.74) is 5.72. The number of amides is 1. The molecule has 0 saturated carbocycles. The molecule has 1 heterocycles. The lowest BCUT2D eigenvalue weighted by atomic mass is 10.2. The number of nitrogens with zero attached hydrogens (tertiary/aromatic N) is 2. The highest BCUT2D eigenvalue weighted by molar-refractivity contribution is 7.89. The molecule has 1 saturated heterocycles. The van der Waals surface area contributed by atoms with Crippen LogP contribution in [0.5, 0.6) is 0 Å². The fourth-order valence-electron chi connectivity index (χ4n) is 2.38. The van der Waals surface area contributed by atoms with Crippen molar-refractivity contribution in [2.24, 2.45) is 5.73 Å². The monoisotopic (exact) mass is 327 g/mol. The molecule has 0 aromatic heterocycles. The van der Waals surface area contributed by atoms with Crippen molar-refractivity contribution >= 4 is 15.9 Å². The molecule has 1 aromatic carbocycles. The summed E-state index contributed by atoms with van der Waals surface area (Å²) >= 11 is 0. The Morgan fingerprint density at radius 2 is 1.82 bits per heavy atom. The zero-order valence-corrected chi connectivity index (χ0v) is 13.3. The number of nitrogens with two attached hydrogens (primary N) is 1. The van der Waals surface area contributed by atoms with Crippen LogP contribution in [0.15, 0.2) is 35.2 Å². The first kappa shape index (κ1) is 16.9. The first-order valence-electron chi connectivity index (χ1n) is 7.05. The molecular formula is C14H21N3O4S. The lowest BCUT2D eigenvalue weighted by Gasteiger charge is -2.35. The summed E-state index contributed by atoms with van der Waals surface area (Å²) < 4.78 is 31.2. The number of methoxy groups -OCH3 is 1. The highest BCUT2D eigenvalue weighted by Crippen LogP contribution is 2.17. The van der Waals surface area contributed by atoms with Gasteiger partial charge in [0.2, 0.25) is 15.9 Å². The number of benzene rings is 1.